The Balaban J connectivity index is 1.46. The van der Waals surface area contributed by atoms with Crippen molar-refractivity contribution in [3.63, 3.8) is 0 Å². The molecule has 1 aromatic heterocycles. The molecular weight excluding hydrogens is 396 g/mol. The van der Waals surface area contributed by atoms with Crippen LogP contribution in [0.4, 0.5) is 0 Å². The van der Waals surface area contributed by atoms with E-state index in [4.69, 9.17) is 0 Å². The molecule has 160 valence electrons. The van der Waals surface area contributed by atoms with E-state index in [1.165, 1.54) is 0 Å². The lowest BCUT2D eigenvalue weighted by Gasteiger charge is -2.32. The molecule has 0 aliphatic carbocycles. The van der Waals surface area contributed by atoms with Crippen molar-refractivity contribution in [2.75, 3.05) is 13.1 Å². The molecule has 2 heterocycles. The molecule has 0 saturated carbocycles. The number of hydrogen-bond acceptors (Lipinski definition) is 4. The Morgan fingerprint density at radius 3 is 2.84 bits per heavy atom. The van der Waals surface area contributed by atoms with Crippen LogP contribution in [0.2, 0.25) is 0 Å². The number of fused-ring (bicyclic) bond motifs is 1. The van der Waals surface area contributed by atoms with Gasteiger partial charge >= 0.3 is 5.97 Å². The summed E-state index contributed by atoms with van der Waals surface area (Å²) < 4.78 is 0. The van der Waals surface area contributed by atoms with E-state index in [0.717, 1.165) is 16.5 Å². The molecule has 0 radical (unpaired) electrons. The summed E-state index contributed by atoms with van der Waals surface area (Å²) in [7, 11) is 0. The van der Waals surface area contributed by atoms with Crippen LogP contribution in [0.1, 0.15) is 40.4 Å². The Bertz CT molecular complexity index is 1140. The van der Waals surface area contributed by atoms with Gasteiger partial charge in [-0.3, -0.25) is 14.7 Å². The number of amides is 2. The maximum absolute atomic E-state index is 13.0. The predicted molar refractivity (Wildman–Crippen MR) is 114 cm³/mol. The van der Waals surface area contributed by atoms with Gasteiger partial charge in [0.25, 0.3) is 5.91 Å². The highest BCUT2D eigenvalue weighted by Crippen LogP contribution is 2.22. The first kappa shape index (κ1) is 20.6. The monoisotopic (exact) mass is 420 g/mol. The molecular formula is C23H24N4O4. The van der Waals surface area contributed by atoms with E-state index in [2.05, 4.69) is 15.5 Å². The van der Waals surface area contributed by atoms with E-state index >= 15 is 0 Å². The number of carbonyl (C=O) groups is 3. The summed E-state index contributed by atoms with van der Waals surface area (Å²) in [5.41, 5.74) is 2.83. The van der Waals surface area contributed by atoms with Crippen LogP contribution < -0.4 is 5.32 Å². The van der Waals surface area contributed by atoms with Gasteiger partial charge in [-0.05, 0) is 43.5 Å². The second-order valence-corrected chi connectivity index (χ2v) is 7.96. The lowest BCUT2D eigenvalue weighted by molar-refractivity contribution is -0.143. The van der Waals surface area contributed by atoms with Crippen molar-refractivity contribution >= 4 is 28.7 Å². The molecule has 3 aromatic rings. The first-order valence-electron chi connectivity index (χ1n) is 10.2. The van der Waals surface area contributed by atoms with E-state index in [1.807, 2.05) is 19.1 Å². The van der Waals surface area contributed by atoms with Crippen LogP contribution in [-0.2, 0) is 9.59 Å². The van der Waals surface area contributed by atoms with E-state index in [1.54, 1.807) is 41.4 Å². The number of aromatic nitrogens is 2. The number of likely N-dealkylation sites (tertiary alicyclic amines) is 1. The topological polar surface area (TPSA) is 115 Å². The van der Waals surface area contributed by atoms with Gasteiger partial charge in [0.15, 0.2) is 6.04 Å². The average Bonchev–Trinajstić information content (AvgIpc) is 3.24. The summed E-state index contributed by atoms with van der Waals surface area (Å²) in [4.78, 5) is 39.3. The fourth-order valence-corrected chi connectivity index (χ4v) is 4.03. The van der Waals surface area contributed by atoms with Gasteiger partial charge in [0.1, 0.15) is 0 Å². The number of benzene rings is 2. The van der Waals surface area contributed by atoms with Crippen LogP contribution in [-0.4, -0.2) is 51.1 Å². The first-order chi connectivity index (χ1) is 14.9. The van der Waals surface area contributed by atoms with Crippen molar-refractivity contribution in [1.29, 1.82) is 0 Å². The second kappa shape index (κ2) is 8.59. The molecule has 8 nitrogen and oxygen atoms in total. The fraction of sp³-hybridized carbons (Fsp3) is 0.304. The highest BCUT2D eigenvalue weighted by molar-refractivity contribution is 5.98. The molecule has 3 N–H and O–H groups in total. The zero-order valence-electron chi connectivity index (χ0n) is 17.2. The molecule has 2 aromatic carbocycles. The van der Waals surface area contributed by atoms with Gasteiger partial charge in [0.2, 0.25) is 5.91 Å². The van der Waals surface area contributed by atoms with Crippen LogP contribution in [0, 0.1) is 12.8 Å². The minimum atomic E-state index is -1.12. The number of rotatable bonds is 5. The van der Waals surface area contributed by atoms with Gasteiger partial charge in [0.05, 0.1) is 17.6 Å². The smallest absolute Gasteiger partial charge is 0.330 e. The average molecular weight is 420 g/mol. The SMILES string of the molecule is Cc1cccc(C(NC(=O)C2CCCN(C(=O)c3ccc4[nH]ncc4c3)C2)C(=O)O)c1. The molecule has 1 aliphatic heterocycles. The molecule has 2 atom stereocenters. The summed E-state index contributed by atoms with van der Waals surface area (Å²) in [5, 5.41) is 20.0. The molecule has 8 heteroatoms. The number of nitrogens with one attached hydrogen (secondary N) is 2. The second-order valence-electron chi connectivity index (χ2n) is 7.96. The largest absolute Gasteiger partial charge is 0.479 e. The van der Waals surface area contributed by atoms with Crippen molar-refractivity contribution in [3.8, 4) is 0 Å². The number of carboxylic acids is 1. The zero-order valence-corrected chi connectivity index (χ0v) is 17.2. The molecule has 0 bridgehead atoms. The molecule has 2 unspecified atom stereocenters. The Morgan fingerprint density at radius 1 is 1.23 bits per heavy atom. The molecule has 31 heavy (non-hydrogen) atoms. The molecule has 1 aliphatic rings. The van der Waals surface area contributed by atoms with Crippen molar-refractivity contribution in [3.05, 3.63) is 65.4 Å². The number of hydrogen-bond donors (Lipinski definition) is 3. The minimum Gasteiger partial charge on any atom is -0.479 e. The van der Waals surface area contributed by atoms with Gasteiger partial charge in [-0.15, -0.1) is 0 Å². The number of piperidine rings is 1. The Kier molecular flexibility index (Phi) is 5.70. The highest BCUT2D eigenvalue weighted by Gasteiger charge is 2.32. The number of aromatic amines is 1. The maximum Gasteiger partial charge on any atom is 0.330 e. The highest BCUT2D eigenvalue weighted by atomic mass is 16.4. The Morgan fingerprint density at radius 2 is 2.06 bits per heavy atom. The fourth-order valence-electron chi connectivity index (χ4n) is 4.03. The normalized spacial score (nSPS) is 17.3. The third kappa shape index (κ3) is 4.42. The predicted octanol–water partition coefficient (Wildman–Crippen LogP) is 2.67. The molecule has 2 amide bonds. The Hall–Kier alpha value is -3.68. The first-order valence-corrected chi connectivity index (χ1v) is 10.2. The van der Waals surface area contributed by atoms with Crippen molar-refractivity contribution in [2.24, 2.45) is 5.92 Å². The van der Waals surface area contributed by atoms with Crippen molar-refractivity contribution < 1.29 is 19.5 Å². The number of nitrogens with zero attached hydrogens (tertiary/aromatic N) is 2. The van der Waals surface area contributed by atoms with Gasteiger partial charge < -0.3 is 15.3 Å². The van der Waals surface area contributed by atoms with Gasteiger partial charge in [-0.1, -0.05) is 29.8 Å². The number of carbonyl (C=O) groups excluding carboxylic acids is 2. The standard InChI is InChI=1S/C23H24N4O4/c1-14-4-2-5-15(10-14)20(23(30)31)25-21(28)17-6-3-9-27(13-17)22(29)16-7-8-19-18(11-16)12-24-26-19/h2,4-5,7-8,10-12,17,20H,3,6,9,13H2,1H3,(H,24,26)(H,25,28)(H,30,31). The van der Waals surface area contributed by atoms with Crippen LogP contribution >= 0.6 is 0 Å². The van der Waals surface area contributed by atoms with E-state index in [-0.39, 0.29) is 18.4 Å². The number of aliphatic carboxylic acids is 1. The quantitative estimate of drug-likeness (QED) is 0.587. The van der Waals surface area contributed by atoms with E-state index in [0.29, 0.717) is 30.5 Å². The van der Waals surface area contributed by atoms with Gasteiger partial charge in [0, 0.05) is 24.0 Å². The summed E-state index contributed by atoms with van der Waals surface area (Å²) in [6.07, 6.45) is 2.95. The number of H-pyrrole nitrogens is 1. The lowest BCUT2D eigenvalue weighted by atomic mass is 9.95. The molecule has 0 spiro atoms. The molecule has 4 rings (SSSR count). The lowest BCUT2D eigenvalue weighted by Crippen LogP contribution is -2.47. The van der Waals surface area contributed by atoms with Crippen LogP contribution in [0.5, 0.6) is 0 Å². The van der Waals surface area contributed by atoms with Crippen molar-refractivity contribution in [1.82, 2.24) is 20.4 Å². The summed E-state index contributed by atoms with van der Waals surface area (Å²) >= 11 is 0. The van der Waals surface area contributed by atoms with Crippen LogP contribution in [0.25, 0.3) is 10.9 Å². The van der Waals surface area contributed by atoms with E-state index < -0.39 is 17.9 Å². The van der Waals surface area contributed by atoms with Crippen molar-refractivity contribution in [2.45, 2.75) is 25.8 Å². The minimum absolute atomic E-state index is 0.144. The molecule has 1 saturated heterocycles. The summed E-state index contributed by atoms with van der Waals surface area (Å²) in [6, 6.07) is 11.3. The maximum atomic E-state index is 13.0. The van der Waals surface area contributed by atoms with Gasteiger partial charge in [-0.2, -0.15) is 5.10 Å². The summed E-state index contributed by atoms with van der Waals surface area (Å²) in [6.45, 7) is 2.69. The third-order valence-corrected chi connectivity index (χ3v) is 5.68. The Labute approximate surface area is 179 Å². The third-order valence-electron chi connectivity index (χ3n) is 5.68. The van der Waals surface area contributed by atoms with Crippen LogP contribution in [0.3, 0.4) is 0 Å². The van der Waals surface area contributed by atoms with Crippen LogP contribution in [0.15, 0.2) is 48.7 Å². The summed E-state index contributed by atoms with van der Waals surface area (Å²) in [5.74, 6) is -2.07. The zero-order chi connectivity index (χ0) is 22.0. The van der Waals surface area contributed by atoms with E-state index in [9.17, 15) is 19.5 Å². The number of carboxylic acid groups (broad SMARTS) is 1. The van der Waals surface area contributed by atoms with Gasteiger partial charge in [-0.25, -0.2) is 4.79 Å². The number of aryl methyl sites for hydroxylation is 1. The molecule has 1 fully saturated rings.